The van der Waals surface area contributed by atoms with Crippen LogP contribution in [0.15, 0.2) is 12.7 Å². The summed E-state index contributed by atoms with van der Waals surface area (Å²) in [4.78, 5) is 21.3. The van der Waals surface area contributed by atoms with Crippen molar-refractivity contribution < 1.29 is 19.1 Å². The van der Waals surface area contributed by atoms with Crippen LogP contribution in [0, 0.1) is 0 Å². The van der Waals surface area contributed by atoms with E-state index in [1.165, 1.54) is 13.2 Å². The van der Waals surface area contributed by atoms with Gasteiger partial charge in [0.2, 0.25) is 0 Å². The van der Waals surface area contributed by atoms with Crippen LogP contribution in [0.4, 0.5) is 4.79 Å². The van der Waals surface area contributed by atoms with Crippen molar-refractivity contribution in [3.05, 3.63) is 12.7 Å². The Hall–Kier alpha value is -1.32. The van der Waals surface area contributed by atoms with Gasteiger partial charge < -0.3 is 9.47 Å². The lowest BCUT2D eigenvalue weighted by Gasteiger charge is -2.01. The third kappa shape index (κ3) is 7.34. The molecule has 0 atom stereocenters. The maximum Gasteiger partial charge on any atom is 0.507 e. The van der Waals surface area contributed by atoms with Gasteiger partial charge in [0.25, 0.3) is 0 Å². The number of hydrogen-bond donors (Lipinski definition) is 0. The number of ether oxygens (including phenoxy) is 2. The van der Waals surface area contributed by atoms with Crippen LogP contribution in [0.3, 0.4) is 0 Å². The van der Waals surface area contributed by atoms with Gasteiger partial charge in [0.1, 0.15) is 0 Å². The largest absolute Gasteiger partial charge is 0.507 e. The average molecular weight is 200 g/mol. The maximum absolute atomic E-state index is 10.8. The molecule has 0 bridgehead atoms. The van der Waals surface area contributed by atoms with Crippen molar-refractivity contribution in [1.82, 2.24) is 0 Å². The van der Waals surface area contributed by atoms with E-state index in [2.05, 4.69) is 16.1 Å². The summed E-state index contributed by atoms with van der Waals surface area (Å²) in [5.41, 5.74) is 0. The molecule has 0 amide bonds. The Balaban J connectivity index is 3.18. The van der Waals surface area contributed by atoms with E-state index in [1.807, 2.05) is 0 Å². The minimum atomic E-state index is -0.660. The van der Waals surface area contributed by atoms with Gasteiger partial charge in [-0.3, -0.25) is 4.79 Å². The van der Waals surface area contributed by atoms with Gasteiger partial charge in [0.05, 0.1) is 13.7 Å². The zero-order valence-corrected chi connectivity index (χ0v) is 8.45. The van der Waals surface area contributed by atoms with Crippen molar-refractivity contribution in [1.29, 1.82) is 0 Å². The summed E-state index contributed by atoms with van der Waals surface area (Å²) in [6.45, 7) is 3.72. The number of carbonyl (C=O) groups excluding carboxylic acids is 2. The van der Waals surface area contributed by atoms with Crippen molar-refractivity contribution in [2.75, 3.05) is 13.7 Å². The molecule has 14 heavy (non-hydrogen) atoms. The zero-order valence-electron chi connectivity index (χ0n) is 8.45. The van der Waals surface area contributed by atoms with Gasteiger partial charge in [-0.05, 0) is 25.3 Å². The van der Waals surface area contributed by atoms with Crippen molar-refractivity contribution in [3.8, 4) is 0 Å². The predicted molar refractivity (Wildman–Crippen MR) is 52.0 cm³/mol. The quantitative estimate of drug-likeness (QED) is 0.358. The summed E-state index contributed by atoms with van der Waals surface area (Å²) in [5, 5.41) is 0. The van der Waals surface area contributed by atoms with Crippen LogP contribution in [0.25, 0.3) is 0 Å². The molecule has 0 fully saturated rings. The monoisotopic (exact) mass is 200 g/mol. The topological polar surface area (TPSA) is 52.6 Å². The molecule has 0 heterocycles. The molecule has 0 saturated heterocycles. The van der Waals surface area contributed by atoms with Crippen molar-refractivity contribution in [2.45, 2.75) is 25.7 Å². The lowest BCUT2D eigenvalue weighted by molar-refractivity contribution is -0.114. The first kappa shape index (κ1) is 12.7. The van der Waals surface area contributed by atoms with E-state index in [1.54, 1.807) is 0 Å². The van der Waals surface area contributed by atoms with Crippen LogP contribution in [-0.4, -0.2) is 25.7 Å². The highest BCUT2D eigenvalue weighted by atomic mass is 16.7. The zero-order chi connectivity index (χ0) is 10.8. The molecule has 0 aliphatic heterocycles. The van der Waals surface area contributed by atoms with Gasteiger partial charge in [0.15, 0.2) is 5.78 Å². The molecule has 0 aliphatic carbocycles. The average Bonchev–Trinajstić information content (AvgIpc) is 2.22. The fourth-order valence-corrected chi connectivity index (χ4v) is 0.895. The van der Waals surface area contributed by atoms with Gasteiger partial charge in [-0.2, -0.15) is 0 Å². The van der Waals surface area contributed by atoms with Crippen molar-refractivity contribution >= 4 is 11.9 Å². The molecule has 0 aromatic rings. The first-order valence-electron chi connectivity index (χ1n) is 4.56. The van der Waals surface area contributed by atoms with E-state index in [4.69, 9.17) is 0 Å². The van der Waals surface area contributed by atoms with E-state index in [9.17, 15) is 9.59 Å². The first-order chi connectivity index (χ1) is 6.70. The molecule has 80 valence electrons. The number of ketones is 1. The predicted octanol–water partition coefficient (Wildman–Crippen LogP) is 2.08. The van der Waals surface area contributed by atoms with E-state index in [-0.39, 0.29) is 5.78 Å². The molecule has 0 saturated carbocycles. The molecule has 0 N–H and O–H groups in total. The molecule has 0 unspecified atom stereocenters. The Morgan fingerprint density at radius 1 is 1.29 bits per heavy atom. The molecule has 4 nitrogen and oxygen atoms in total. The van der Waals surface area contributed by atoms with E-state index in [0.717, 1.165) is 19.3 Å². The highest BCUT2D eigenvalue weighted by molar-refractivity contribution is 5.88. The Morgan fingerprint density at radius 2 is 2.00 bits per heavy atom. The molecule has 0 aromatic heterocycles. The number of carbonyl (C=O) groups is 2. The number of hydrogen-bond acceptors (Lipinski definition) is 4. The van der Waals surface area contributed by atoms with Crippen LogP contribution in [0.1, 0.15) is 25.7 Å². The SMILES string of the molecule is C=CC(=O)CCCCCOC(=O)OC. The van der Waals surface area contributed by atoms with Crippen LogP contribution in [0.5, 0.6) is 0 Å². The third-order valence-electron chi connectivity index (χ3n) is 1.68. The van der Waals surface area contributed by atoms with Crippen LogP contribution >= 0.6 is 0 Å². The Kier molecular flexibility index (Phi) is 7.50. The summed E-state index contributed by atoms with van der Waals surface area (Å²) in [5.74, 6) is 0.0545. The normalized spacial score (nSPS) is 9.21. The van der Waals surface area contributed by atoms with E-state index in [0.29, 0.717) is 13.0 Å². The third-order valence-corrected chi connectivity index (χ3v) is 1.68. The van der Waals surface area contributed by atoms with Gasteiger partial charge in [-0.15, -0.1) is 0 Å². The molecule has 0 spiro atoms. The fourth-order valence-electron chi connectivity index (χ4n) is 0.895. The number of rotatable bonds is 7. The van der Waals surface area contributed by atoms with Crippen molar-refractivity contribution in [2.24, 2.45) is 0 Å². The number of unbranched alkanes of at least 4 members (excludes halogenated alkanes) is 2. The van der Waals surface area contributed by atoms with Crippen LogP contribution in [0.2, 0.25) is 0 Å². The molecular weight excluding hydrogens is 184 g/mol. The van der Waals surface area contributed by atoms with Gasteiger partial charge in [0, 0.05) is 6.42 Å². The standard InChI is InChI=1S/C10H16O4/c1-3-9(11)7-5-4-6-8-14-10(12)13-2/h3H,1,4-8H2,2H3. The van der Waals surface area contributed by atoms with E-state index >= 15 is 0 Å². The lowest BCUT2D eigenvalue weighted by atomic mass is 10.1. The number of methoxy groups -OCH3 is 1. The highest BCUT2D eigenvalue weighted by Gasteiger charge is 1.99. The molecule has 4 heteroatoms. The molecular formula is C10H16O4. The summed E-state index contributed by atoms with van der Waals surface area (Å²) >= 11 is 0. The summed E-state index contributed by atoms with van der Waals surface area (Å²) in [7, 11) is 1.27. The second-order valence-corrected chi connectivity index (χ2v) is 2.78. The smallest absolute Gasteiger partial charge is 0.438 e. The van der Waals surface area contributed by atoms with Gasteiger partial charge in [-0.1, -0.05) is 6.58 Å². The minimum Gasteiger partial charge on any atom is -0.438 e. The Morgan fingerprint density at radius 3 is 2.57 bits per heavy atom. The second kappa shape index (κ2) is 8.29. The van der Waals surface area contributed by atoms with Gasteiger partial charge in [-0.25, -0.2) is 4.79 Å². The van der Waals surface area contributed by atoms with Crippen LogP contribution < -0.4 is 0 Å². The number of allylic oxidation sites excluding steroid dienone is 1. The summed E-state index contributed by atoms with van der Waals surface area (Å²) in [6, 6.07) is 0. The molecule has 0 rings (SSSR count). The Bertz CT molecular complexity index is 198. The maximum atomic E-state index is 10.8. The molecule has 0 radical (unpaired) electrons. The first-order valence-corrected chi connectivity index (χ1v) is 4.56. The molecule has 0 aliphatic rings. The van der Waals surface area contributed by atoms with E-state index < -0.39 is 6.16 Å². The fraction of sp³-hybridized carbons (Fsp3) is 0.600. The van der Waals surface area contributed by atoms with Gasteiger partial charge >= 0.3 is 6.16 Å². The second-order valence-electron chi connectivity index (χ2n) is 2.78. The highest BCUT2D eigenvalue weighted by Crippen LogP contribution is 2.01. The van der Waals surface area contributed by atoms with Crippen LogP contribution in [-0.2, 0) is 14.3 Å². The summed E-state index contributed by atoms with van der Waals surface area (Å²) < 4.78 is 8.94. The molecule has 0 aromatic carbocycles. The Labute approximate surface area is 83.9 Å². The lowest BCUT2D eigenvalue weighted by Crippen LogP contribution is -2.05. The van der Waals surface area contributed by atoms with Crippen molar-refractivity contribution in [3.63, 3.8) is 0 Å². The summed E-state index contributed by atoms with van der Waals surface area (Å²) in [6.07, 6.45) is 3.59. The minimum absolute atomic E-state index is 0.0545.